The van der Waals surface area contributed by atoms with Crippen LogP contribution in [0.25, 0.3) is 16.9 Å². The lowest BCUT2D eigenvalue weighted by molar-refractivity contribution is 0.102. The van der Waals surface area contributed by atoms with Gasteiger partial charge in [-0.05, 0) is 57.0 Å². The highest BCUT2D eigenvalue weighted by Crippen LogP contribution is 2.24. The molecular weight excluding hydrogens is 352 g/mol. The summed E-state index contributed by atoms with van der Waals surface area (Å²) in [6.45, 7) is 8.93. The average molecular weight is 374 g/mol. The van der Waals surface area contributed by atoms with Gasteiger partial charge < -0.3 is 5.32 Å². The number of nitrogens with one attached hydrogen (secondary N) is 1. The highest BCUT2D eigenvalue weighted by molar-refractivity contribution is 6.03. The Hall–Kier alpha value is -3.48. The Kier molecular flexibility index (Phi) is 4.43. The van der Waals surface area contributed by atoms with E-state index in [-0.39, 0.29) is 5.91 Å². The van der Waals surface area contributed by atoms with Crippen LogP contribution in [0.4, 0.5) is 5.69 Å². The lowest BCUT2D eigenvalue weighted by Gasteiger charge is -2.06. The van der Waals surface area contributed by atoms with Gasteiger partial charge in [0.05, 0.1) is 11.9 Å². The van der Waals surface area contributed by atoms with Crippen LogP contribution in [0.5, 0.6) is 0 Å². The highest BCUT2D eigenvalue weighted by Gasteiger charge is 2.17. The topological polar surface area (TPSA) is 77.1 Å². The van der Waals surface area contributed by atoms with Crippen molar-refractivity contribution in [1.29, 1.82) is 0 Å². The van der Waals surface area contributed by atoms with Gasteiger partial charge in [-0.3, -0.25) is 9.48 Å². The number of fused-ring (bicyclic) bond motifs is 1. The summed E-state index contributed by atoms with van der Waals surface area (Å²) in [5.41, 5.74) is 6.86. The Morgan fingerprint density at radius 2 is 1.93 bits per heavy atom. The van der Waals surface area contributed by atoms with Gasteiger partial charge in [0, 0.05) is 35.8 Å². The summed E-state index contributed by atoms with van der Waals surface area (Å²) in [4.78, 5) is 17.1. The van der Waals surface area contributed by atoms with Crippen molar-refractivity contribution in [3.05, 3.63) is 65.2 Å². The third kappa shape index (κ3) is 3.05. The lowest BCUT2D eigenvalue weighted by atomic mass is 10.1. The number of aromatic nitrogens is 5. The fourth-order valence-electron chi connectivity index (χ4n) is 3.24. The Morgan fingerprint density at radius 3 is 2.64 bits per heavy atom. The quantitative estimate of drug-likeness (QED) is 0.590. The SMILES string of the molecule is CCn1ncc(-c2ccnc3cc(C(=O)Nc4ccc(C)c(C)c4)nn23)c1C. The maximum absolute atomic E-state index is 12.7. The van der Waals surface area contributed by atoms with E-state index in [2.05, 4.69) is 27.4 Å². The third-order valence-electron chi connectivity index (χ3n) is 5.03. The molecule has 4 aromatic rings. The van der Waals surface area contributed by atoms with E-state index in [1.54, 1.807) is 16.8 Å². The van der Waals surface area contributed by atoms with E-state index < -0.39 is 0 Å². The van der Waals surface area contributed by atoms with Gasteiger partial charge in [0.25, 0.3) is 5.91 Å². The van der Waals surface area contributed by atoms with Crippen molar-refractivity contribution < 1.29 is 4.79 Å². The van der Waals surface area contributed by atoms with Crippen LogP contribution in [-0.2, 0) is 6.54 Å². The molecule has 0 spiro atoms. The van der Waals surface area contributed by atoms with Crippen molar-refractivity contribution in [2.24, 2.45) is 0 Å². The van der Waals surface area contributed by atoms with Gasteiger partial charge in [-0.15, -0.1) is 0 Å². The lowest BCUT2D eigenvalue weighted by Crippen LogP contribution is -2.13. The monoisotopic (exact) mass is 374 g/mol. The van der Waals surface area contributed by atoms with Crippen LogP contribution in [0.15, 0.2) is 42.7 Å². The number of benzene rings is 1. The van der Waals surface area contributed by atoms with E-state index in [1.807, 2.05) is 55.9 Å². The van der Waals surface area contributed by atoms with Gasteiger partial charge in [-0.25, -0.2) is 9.50 Å². The van der Waals surface area contributed by atoms with Crippen LogP contribution in [0.3, 0.4) is 0 Å². The first-order valence-corrected chi connectivity index (χ1v) is 9.24. The van der Waals surface area contributed by atoms with E-state index in [9.17, 15) is 4.79 Å². The zero-order valence-corrected chi connectivity index (χ0v) is 16.4. The minimum absolute atomic E-state index is 0.263. The van der Waals surface area contributed by atoms with Crippen molar-refractivity contribution in [1.82, 2.24) is 24.4 Å². The van der Waals surface area contributed by atoms with Crippen molar-refractivity contribution in [2.75, 3.05) is 5.32 Å². The summed E-state index contributed by atoms with van der Waals surface area (Å²) in [5, 5.41) is 11.8. The van der Waals surface area contributed by atoms with Crippen molar-refractivity contribution in [3.8, 4) is 11.3 Å². The summed E-state index contributed by atoms with van der Waals surface area (Å²) in [5.74, 6) is -0.263. The van der Waals surface area contributed by atoms with Crippen LogP contribution >= 0.6 is 0 Å². The van der Waals surface area contributed by atoms with E-state index in [4.69, 9.17) is 0 Å². The second-order valence-electron chi connectivity index (χ2n) is 6.84. The van der Waals surface area contributed by atoms with Gasteiger partial charge in [-0.2, -0.15) is 10.2 Å². The Morgan fingerprint density at radius 1 is 1.11 bits per heavy atom. The molecule has 0 unspecified atom stereocenters. The number of aryl methyl sites for hydroxylation is 3. The van der Waals surface area contributed by atoms with Gasteiger partial charge in [0.15, 0.2) is 11.3 Å². The Bertz CT molecular complexity index is 1190. The van der Waals surface area contributed by atoms with Crippen molar-refractivity contribution >= 4 is 17.2 Å². The van der Waals surface area contributed by atoms with Gasteiger partial charge >= 0.3 is 0 Å². The maximum atomic E-state index is 12.7. The molecule has 3 heterocycles. The van der Waals surface area contributed by atoms with Crippen molar-refractivity contribution in [3.63, 3.8) is 0 Å². The molecule has 3 aromatic heterocycles. The minimum atomic E-state index is -0.263. The largest absolute Gasteiger partial charge is 0.321 e. The summed E-state index contributed by atoms with van der Waals surface area (Å²) in [7, 11) is 0. The molecular formula is C21H22N6O. The number of nitrogens with zero attached hydrogens (tertiary/aromatic N) is 5. The molecule has 0 atom stereocenters. The maximum Gasteiger partial charge on any atom is 0.276 e. The molecule has 0 saturated heterocycles. The summed E-state index contributed by atoms with van der Waals surface area (Å²) < 4.78 is 3.62. The van der Waals surface area contributed by atoms with Crippen LogP contribution in [0.1, 0.15) is 34.2 Å². The molecule has 0 saturated carbocycles. The summed E-state index contributed by atoms with van der Waals surface area (Å²) in [6, 6.07) is 9.41. The summed E-state index contributed by atoms with van der Waals surface area (Å²) >= 11 is 0. The second kappa shape index (κ2) is 6.92. The van der Waals surface area contributed by atoms with E-state index in [1.165, 1.54) is 5.56 Å². The molecule has 7 nitrogen and oxygen atoms in total. The van der Waals surface area contributed by atoms with E-state index in [0.29, 0.717) is 11.3 Å². The standard InChI is InChI=1S/C21H22N6O/c1-5-26-15(4)17(12-23-26)19-8-9-22-20-11-18(25-27(19)20)21(28)24-16-7-6-13(2)14(3)10-16/h6-12H,5H2,1-4H3,(H,24,28). The molecule has 0 aliphatic carbocycles. The van der Waals surface area contributed by atoms with Crippen LogP contribution in [0.2, 0.25) is 0 Å². The number of amides is 1. The predicted molar refractivity (Wildman–Crippen MR) is 108 cm³/mol. The van der Waals surface area contributed by atoms with E-state index >= 15 is 0 Å². The van der Waals surface area contributed by atoms with Gasteiger partial charge in [-0.1, -0.05) is 6.07 Å². The second-order valence-corrected chi connectivity index (χ2v) is 6.84. The minimum Gasteiger partial charge on any atom is -0.321 e. The third-order valence-corrected chi connectivity index (χ3v) is 5.03. The average Bonchev–Trinajstić information content (AvgIpc) is 3.28. The fourth-order valence-corrected chi connectivity index (χ4v) is 3.24. The van der Waals surface area contributed by atoms with Crippen LogP contribution in [0, 0.1) is 20.8 Å². The molecule has 1 aromatic carbocycles. The van der Waals surface area contributed by atoms with Crippen LogP contribution in [-0.4, -0.2) is 30.3 Å². The normalized spacial score (nSPS) is 11.1. The molecule has 7 heteroatoms. The highest BCUT2D eigenvalue weighted by atomic mass is 16.1. The molecule has 28 heavy (non-hydrogen) atoms. The molecule has 0 aliphatic heterocycles. The Balaban J connectivity index is 1.70. The number of hydrogen-bond donors (Lipinski definition) is 1. The first kappa shape index (κ1) is 17.9. The number of hydrogen-bond acceptors (Lipinski definition) is 4. The first-order valence-electron chi connectivity index (χ1n) is 9.24. The number of carbonyl (C=O) groups excluding carboxylic acids is 1. The molecule has 0 bridgehead atoms. The summed E-state index contributed by atoms with van der Waals surface area (Å²) in [6.07, 6.45) is 3.55. The molecule has 0 radical (unpaired) electrons. The zero-order valence-electron chi connectivity index (χ0n) is 16.4. The molecule has 142 valence electrons. The smallest absolute Gasteiger partial charge is 0.276 e. The van der Waals surface area contributed by atoms with E-state index in [0.717, 1.165) is 34.7 Å². The number of carbonyl (C=O) groups is 1. The predicted octanol–water partition coefficient (Wildman–Crippen LogP) is 3.79. The number of rotatable bonds is 4. The molecule has 0 fully saturated rings. The molecule has 1 N–H and O–H groups in total. The first-order chi connectivity index (χ1) is 13.5. The molecule has 0 aliphatic rings. The van der Waals surface area contributed by atoms with Gasteiger partial charge in [0.1, 0.15) is 0 Å². The zero-order chi connectivity index (χ0) is 19.8. The number of anilines is 1. The fraction of sp³-hybridized carbons (Fsp3) is 0.238. The Labute approximate surface area is 163 Å². The van der Waals surface area contributed by atoms with Crippen molar-refractivity contribution in [2.45, 2.75) is 34.2 Å². The molecule has 1 amide bonds. The van der Waals surface area contributed by atoms with Gasteiger partial charge in [0.2, 0.25) is 0 Å². The molecule has 4 rings (SSSR count). The van der Waals surface area contributed by atoms with Crippen LogP contribution < -0.4 is 5.32 Å².